The van der Waals surface area contributed by atoms with Gasteiger partial charge in [0.25, 0.3) is 0 Å². The van der Waals surface area contributed by atoms with Crippen LogP contribution in [0.25, 0.3) is 11.1 Å². The molecule has 1 heterocycles. The van der Waals surface area contributed by atoms with Gasteiger partial charge in [-0.2, -0.15) is 0 Å². The van der Waals surface area contributed by atoms with Gasteiger partial charge in [-0.1, -0.05) is 24.3 Å². The van der Waals surface area contributed by atoms with Crippen LogP contribution in [-0.2, 0) is 4.74 Å². The average Bonchev–Trinajstić information content (AvgIpc) is 2.89. The Morgan fingerprint density at radius 3 is 2.47 bits per heavy atom. The number of aromatic nitrogens is 1. The highest BCUT2D eigenvalue weighted by molar-refractivity contribution is 6.52. The molecule has 5 heteroatoms. The van der Waals surface area contributed by atoms with Crippen molar-refractivity contribution in [1.29, 1.82) is 0 Å². The third-order valence-electron chi connectivity index (χ3n) is 3.16. The molecule has 0 bridgehead atoms. The molecule has 0 saturated carbocycles. The Kier molecular flexibility index (Phi) is 2.35. The SMILES string of the molecule is COC(=O)c1c[nH]c2c1-c1ccccc1C(=O)C2=O. The molecular formula is C14H9NO4. The molecular weight excluding hydrogens is 246 g/mol. The van der Waals surface area contributed by atoms with Crippen molar-refractivity contribution in [3.8, 4) is 11.1 Å². The van der Waals surface area contributed by atoms with Crippen LogP contribution in [0, 0.1) is 0 Å². The lowest BCUT2D eigenvalue weighted by atomic mass is 9.86. The second-order valence-electron chi connectivity index (χ2n) is 4.15. The van der Waals surface area contributed by atoms with Crippen molar-refractivity contribution in [3.05, 3.63) is 47.3 Å². The number of Topliss-reactive ketones (excluding diaryl/α,β-unsaturated/α-hetero) is 2. The van der Waals surface area contributed by atoms with E-state index in [-0.39, 0.29) is 11.3 Å². The molecule has 0 fully saturated rings. The lowest BCUT2D eigenvalue weighted by molar-refractivity contribution is 0.0601. The van der Waals surface area contributed by atoms with Gasteiger partial charge in [-0.25, -0.2) is 4.79 Å². The normalized spacial score (nSPS) is 12.9. The number of ether oxygens (including phenoxy) is 1. The number of aromatic amines is 1. The zero-order chi connectivity index (χ0) is 13.6. The first-order valence-electron chi connectivity index (χ1n) is 5.63. The summed E-state index contributed by atoms with van der Waals surface area (Å²) in [5.41, 5.74) is 1.72. The highest BCUT2D eigenvalue weighted by atomic mass is 16.5. The molecule has 1 aromatic carbocycles. The number of ketones is 2. The molecule has 0 amide bonds. The molecule has 0 saturated heterocycles. The van der Waals surface area contributed by atoms with Crippen LogP contribution in [0.1, 0.15) is 31.2 Å². The van der Waals surface area contributed by atoms with Crippen LogP contribution >= 0.6 is 0 Å². The van der Waals surface area contributed by atoms with E-state index in [4.69, 9.17) is 0 Å². The third kappa shape index (κ3) is 1.45. The van der Waals surface area contributed by atoms with E-state index in [9.17, 15) is 14.4 Å². The summed E-state index contributed by atoms with van der Waals surface area (Å²) in [6.45, 7) is 0. The van der Waals surface area contributed by atoms with Gasteiger partial charge in [0.2, 0.25) is 11.6 Å². The maximum absolute atomic E-state index is 12.0. The standard InChI is InChI=1S/C14H9NO4/c1-19-14(18)9-6-15-11-10(9)7-4-2-3-5-8(7)12(16)13(11)17/h2-6,15H,1H3. The summed E-state index contributed by atoms with van der Waals surface area (Å²) in [6, 6.07) is 6.71. The maximum atomic E-state index is 12.0. The molecule has 1 aliphatic rings. The van der Waals surface area contributed by atoms with Gasteiger partial charge in [0, 0.05) is 17.3 Å². The summed E-state index contributed by atoms with van der Waals surface area (Å²) in [4.78, 5) is 38.3. The zero-order valence-electron chi connectivity index (χ0n) is 10.0. The highest BCUT2D eigenvalue weighted by Gasteiger charge is 2.34. The minimum atomic E-state index is -0.635. The number of benzene rings is 1. The number of fused-ring (bicyclic) bond motifs is 3. The van der Waals surface area contributed by atoms with Crippen LogP contribution < -0.4 is 0 Å². The Labute approximate surface area is 108 Å². The van der Waals surface area contributed by atoms with Crippen LogP contribution in [0.15, 0.2) is 30.5 Å². The summed E-state index contributed by atoms with van der Waals surface area (Å²) in [5, 5.41) is 0. The van der Waals surface area contributed by atoms with Crippen LogP contribution in [0.5, 0.6) is 0 Å². The van der Waals surface area contributed by atoms with Crippen LogP contribution in [0.3, 0.4) is 0 Å². The summed E-state index contributed by atoms with van der Waals surface area (Å²) < 4.78 is 4.68. The lowest BCUT2D eigenvalue weighted by Crippen LogP contribution is -2.21. The van der Waals surface area contributed by atoms with E-state index >= 15 is 0 Å². The van der Waals surface area contributed by atoms with E-state index in [1.807, 2.05) is 0 Å². The van der Waals surface area contributed by atoms with E-state index < -0.39 is 17.5 Å². The number of hydrogen-bond donors (Lipinski definition) is 1. The molecule has 5 nitrogen and oxygen atoms in total. The fourth-order valence-electron chi connectivity index (χ4n) is 2.29. The Morgan fingerprint density at radius 2 is 1.79 bits per heavy atom. The fraction of sp³-hybridized carbons (Fsp3) is 0.0714. The summed E-state index contributed by atoms with van der Waals surface area (Å²) >= 11 is 0. The highest BCUT2D eigenvalue weighted by Crippen LogP contribution is 2.35. The average molecular weight is 255 g/mol. The van der Waals surface area contributed by atoms with Gasteiger partial charge in [0.05, 0.1) is 18.4 Å². The van der Waals surface area contributed by atoms with Crippen LogP contribution in [0.4, 0.5) is 0 Å². The molecule has 1 aliphatic carbocycles. The minimum absolute atomic E-state index is 0.143. The molecule has 0 spiro atoms. The monoisotopic (exact) mass is 255 g/mol. The molecule has 94 valence electrons. The molecule has 2 aromatic rings. The van der Waals surface area contributed by atoms with Crippen molar-refractivity contribution in [1.82, 2.24) is 4.98 Å². The minimum Gasteiger partial charge on any atom is -0.465 e. The van der Waals surface area contributed by atoms with Gasteiger partial charge in [-0.05, 0) is 5.56 Å². The summed E-state index contributed by atoms with van der Waals surface area (Å²) in [6.07, 6.45) is 1.39. The van der Waals surface area contributed by atoms with Crippen molar-refractivity contribution in [2.24, 2.45) is 0 Å². The van der Waals surface area contributed by atoms with Gasteiger partial charge < -0.3 is 9.72 Å². The number of hydrogen-bond acceptors (Lipinski definition) is 4. The van der Waals surface area contributed by atoms with E-state index in [1.54, 1.807) is 24.3 Å². The summed E-state index contributed by atoms with van der Waals surface area (Å²) in [5.74, 6) is -1.75. The largest absolute Gasteiger partial charge is 0.465 e. The maximum Gasteiger partial charge on any atom is 0.340 e. The van der Waals surface area contributed by atoms with Gasteiger partial charge in [-0.15, -0.1) is 0 Å². The number of rotatable bonds is 1. The first-order valence-corrected chi connectivity index (χ1v) is 5.63. The molecule has 3 rings (SSSR count). The quantitative estimate of drug-likeness (QED) is 0.623. The Hall–Kier alpha value is -2.69. The second kappa shape index (κ2) is 3.91. The van der Waals surface area contributed by atoms with E-state index in [0.717, 1.165) is 0 Å². The summed E-state index contributed by atoms with van der Waals surface area (Å²) in [7, 11) is 1.27. The van der Waals surface area contributed by atoms with Crippen molar-refractivity contribution < 1.29 is 19.1 Å². The van der Waals surface area contributed by atoms with Gasteiger partial charge in [0.15, 0.2) is 0 Å². The molecule has 1 N–H and O–H groups in total. The smallest absolute Gasteiger partial charge is 0.340 e. The number of H-pyrrole nitrogens is 1. The Bertz CT molecular complexity index is 727. The Balaban J connectivity index is 2.35. The van der Waals surface area contributed by atoms with Crippen LogP contribution in [-0.4, -0.2) is 29.6 Å². The predicted molar refractivity (Wildman–Crippen MR) is 66.2 cm³/mol. The van der Waals surface area contributed by atoms with Crippen molar-refractivity contribution in [2.75, 3.05) is 7.11 Å². The number of nitrogens with one attached hydrogen (secondary N) is 1. The molecule has 0 atom stereocenters. The topological polar surface area (TPSA) is 76.2 Å². The molecule has 0 unspecified atom stereocenters. The molecule has 19 heavy (non-hydrogen) atoms. The first kappa shape index (κ1) is 11.4. The van der Waals surface area contributed by atoms with E-state index in [2.05, 4.69) is 9.72 Å². The second-order valence-corrected chi connectivity index (χ2v) is 4.15. The van der Waals surface area contributed by atoms with Crippen LogP contribution in [0.2, 0.25) is 0 Å². The Morgan fingerprint density at radius 1 is 1.11 bits per heavy atom. The number of carbonyl (C=O) groups is 3. The lowest BCUT2D eigenvalue weighted by Gasteiger charge is -2.15. The van der Waals surface area contributed by atoms with E-state index in [1.165, 1.54) is 13.3 Å². The van der Waals surface area contributed by atoms with Gasteiger partial charge >= 0.3 is 5.97 Å². The number of carbonyl (C=O) groups excluding carboxylic acids is 3. The third-order valence-corrected chi connectivity index (χ3v) is 3.16. The van der Waals surface area contributed by atoms with Crippen molar-refractivity contribution in [3.63, 3.8) is 0 Å². The first-order chi connectivity index (χ1) is 9.15. The van der Waals surface area contributed by atoms with Crippen molar-refractivity contribution >= 4 is 17.5 Å². The molecule has 0 aliphatic heterocycles. The van der Waals surface area contributed by atoms with Gasteiger partial charge in [0.1, 0.15) is 0 Å². The zero-order valence-corrected chi connectivity index (χ0v) is 10.0. The molecule has 1 aromatic heterocycles. The number of methoxy groups -OCH3 is 1. The van der Waals surface area contributed by atoms with Gasteiger partial charge in [-0.3, -0.25) is 9.59 Å². The fourth-order valence-corrected chi connectivity index (χ4v) is 2.29. The predicted octanol–water partition coefficient (Wildman–Crippen LogP) is 1.85. The van der Waals surface area contributed by atoms with E-state index in [0.29, 0.717) is 16.7 Å². The molecule has 0 radical (unpaired) electrons. The number of esters is 1. The van der Waals surface area contributed by atoms with Crippen molar-refractivity contribution in [2.45, 2.75) is 0 Å².